The molecule has 6 nitrogen and oxygen atoms in total. The predicted molar refractivity (Wildman–Crippen MR) is 98.9 cm³/mol. The van der Waals surface area contributed by atoms with Crippen LogP contribution in [0.1, 0.15) is 16.1 Å². The fourth-order valence-corrected chi connectivity index (χ4v) is 2.68. The Bertz CT molecular complexity index is 1080. The highest BCUT2D eigenvalue weighted by Crippen LogP contribution is 2.36. The lowest BCUT2D eigenvalue weighted by Gasteiger charge is -2.14. The van der Waals surface area contributed by atoms with Crippen LogP contribution >= 0.6 is 11.6 Å². The third kappa shape index (κ3) is 4.95. The van der Waals surface area contributed by atoms with Crippen molar-refractivity contribution < 1.29 is 31.9 Å². The number of amides is 1. The number of halogens is 5. The molecule has 2 aromatic carbocycles. The van der Waals surface area contributed by atoms with Gasteiger partial charge in [0.1, 0.15) is 5.82 Å². The van der Waals surface area contributed by atoms with Gasteiger partial charge in [0, 0.05) is 10.7 Å². The number of nitrogens with zero attached hydrogens (tertiary/aromatic N) is 2. The summed E-state index contributed by atoms with van der Waals surface area (Å²) < 4.78 is 58.5. The Labute approximate surface area is 172 Å². The van der Waals surface area contributed by atoms with Gasteiger partial charge in [-0.2, -0.15) is 13.2 Å². The van der Waals surface area contributed by atoms with E-state index in [9.17, 15) is 27.2 Å². The summed E-state index contributed by atoms with van der Waals surface area (Å²) in [7, 11) is 0. The van der Waals surface area contributed by atoms with E-state index in [1.54, 1.807) is 0 Å². The number of anilines is 1. The summed E-state index contributed by atoms with van der Waals surface area (Å²) in [5.74, 6) is -2.40. The van der Waals surface area contributed by atoms with E-state index in [2.05, 4.69) is 4.98 Å². The molecule has 0 aliphatic carbocycles. The minimum absolute atomic E-state index is 0.0584. The molecule has 0 saturated heterocycles. The van der Waals surface area contributed by atoms with Gasteiger partial charge >= 0.3 is 12.1 Å². The number of esters is 1. The van der Waals surface area contributed by atoms with Gasteiger partial charge in [0.05, 0.1) is 23.8 Å². The maximum atomic E-state index is 13.1. The van der Waals surface area contributed by atoms with Gasteiger partial charge in [-0.25, -0.2) is 14.2 Å². The Hall–Kier alpha value is -3.40. The van der Waals surface area contributed by atoms with E-state index < -0.39 is 41.7 Å². The molecule has 156 valence electrons. The minimum atomic E-state index is -4.74. The Balaban J connectivity index is 1.68. The molecule has 11 heteroatoms. The van der Waals surface area contributed by atoms with E-state index in [0.29, 0.717) is 11.8 Å². The molecule has 1 N–H and O–H groups in total. The fourth-order valence-electron chi connectivity index (χ4n) is 2.50. The first-order chi connectivity index (χ1) is 14.1. The van der Waals surface area contributed by atoms with Gasteiger partial charge in [0.25, 0.3) is 5.91 Å². The van der Waals surface area contributed by atoms with Crippen LogP contribution in [0.4, 0.5) is 23.2 Å². The van der Waals surface area contributed by atoms with E-state index >= 15 is 0 Å². The number of aromatic nitrogens is 2. The fraction of sp³-hybridized carbons (Fsp3) is 0.105. The summed E-state index contributed by atoms with van der Waals surface area (Å²) in [6, 6.07) is 8.02. The number of alkyl halides is 3. The summed E-state index contributed by atoms with van der Waals surface area (Å²) in [6.07, 6.45) is -2.29. The topological polar surface area (TPSA) is 73.2 Å². The van der Waals surface area contributed by atoms with Crippen molar-refractivity contribution >= 4 is 29.2 Å². The van der Waals surface area contributed by atoms with Crippen LogP contribution in [-0.2, 0) is 15.7 Å². The Morgan fingerprint density at radius 1 is 1.13 bits per heavy atom. The molecule has 0 spiro atoms. The SMILES string of the molecule is O=C(COC(=O)c1cncn1-c1ccc(F)cc1)Nc1ccc(Cl)cc1C(F)(F)F. The third-order valence-corrected chi connectivity index (χ3v) is 4.08. The number of carbonyl (C=O) groups excluding carboxylic acids is 2. The Morgan fingerprint density at radius 2 is 1.83 bits per heavy atom. The number of ether oxygens (including phenoxy) is 1. The lowest BCUT2D eigenvalue weighted by atomic mass is 10.1. The lowest BCUT2D eigenvalue weighted by molar-refractivity contribution is -0.137. The maximum Gasteiger partial charge on any atom is 0.418 e. The molecule has 0 bridgehead atoms. The summed E-state index contributed by atoms with van der Waals surface area (Å²) in [5, 5.41) is 1.89. The van der Waals surface area contributed by atoms with Gasteiger partial charge in [-0.1, -0.05) is 11.6 Å². The second-order valence-electron chi connectivity index (χ2n) is 5.94. The first-order valence-corrected chi connectivity index (χ1v) is 8.65. The van der Waals surface area contributed by atoms with Crippen LogP contribution in [0.5, 0.6) is 0 Å². The van der Waals surface area contributed by atoms with Crippen molar-refractivity contribution in [2.24, 2.45) is 0 Å². The number of nitrogens with one attached hydrogen (secondary N) is 1. The molecule has 0 aliphatic rings. The van der Waals surface area contributed by atoms with Crippen LogP contribution in [0.2, 0.25) is 5.02 Å². The highest BCUT2D eigenvalue weighted by atomic mass is 35.5. The lowest BCUT2D eigenvalue weighted by Crippen LogP contribution is -2.23. The van der Waals surface area contributed by atoms with Crippen LogP contribution in [0, 0.1) is 5.82 Å². The van der Waals surface area contributed by atoms with Crippen LogP contribution in [0.3, 0.4) is 0 Å². The van der Waals surface area contributed by atoms with Crippen molar-refractivity contribution in [3.8, 4) is 5.69 Å². The smallest absolute Gasteiger partial charge is 0.418 e. The van der Waals surface area contributed by atoms with Crippen molar-refractivity contribution in [1.29, 1.82) is 0 Å². The van der Waals surface area contributed by atoms with Gasteiger partial charge in [-0.3, -0.25) is 9.36 Å². The van der Waals surface area contributed by atoms with E-state index in [-0.39, 0.29) is 10.7 Å². The van der Waals surface area contributed by atoms with Crippen molar-refractivity contribution in [3.05, 3.63) is 77.1 Å². The number of hydrogen-bond donors (Lipinski definition) is 1. The molecule has 3 rings (SSSR count). The highest BCUT2D eigenvalue weighted by molar-refractivity contribution is 6.30. The first kappa shape index (κ1) is 21.3. The number of benzene rings is 2. The second kappa shape index (κ2) is 8.54. The average molecular weight is 442 g/mol. The van der Waals surface area contributed by atoms with Crippen molar-refractivity contribution in [3.63, 3.8) is 0 Å². The third-order valence-electron chi connectivity index (χ3n) is 3.85. The van der Waals surface area contributed by atoms with Crippen LogP contribution in [0.15, 0.2) is 55.0 Å². The molecule has 0 saturated carbocycles. The van der Waals surface area contributed by atoms with Crippen LogP contribution < -0.4 is 5.32 Å². The maximum absolute atomic E-state index is 13.1. The Morgan fingerprint density at radius 3 is 2.50 bits per heavy atom. The summed E-state index contributed by atoms with van der Waals surface area (Å²) >= 11 is 5.58. The van der Waals surface area contributed by atoms with Crippen molar-refractivity contribution in [2.45, 2.75) is 6.18 Å². The van der Waals surface area contributed by atoms with Gasteiger partial charge in [-0.05, 0) is 42.5 Å². The highest BCUT2D eigenvalue weighted by Gasteiger charge is 2.34. The molecule has 1 aromatic heterocycles. The van der Waals surface area contributed by atoms with E-state index in [4.69, 9.17) is 16.3 Å². The van der Waals surface area contributed by atoms with Crippen molar-refractivity contribution in [2.75, 3.05) is 11.9 Å². The minimum Gasteiger partial charge on any atom is -0.451 e. The zero-order chi connectivity index (χ0) is 21.9. The molecule has 1 amide bonds. The first-order valence-electron chi connectivity index (χ1n) is 8.27. The van der Waals surface area contributed by atoms with Crippen molar-refractivity contribution in [1.82, 2.24) is 9.55 Å². The molecule has 3 aromatic rings. The zero-order valence-electron chi connectivity index (χ0n) is 14.9. The van der Waals surface area contributed by atoms with E-state index in [1.165, 1.54) is 47.4 Å². The molecule has 0 aliphatic heterocycles. The zero-order valence-corrected chi connectivity index (χ0v) is 15.7. The molecule has 0 fully saturated rings. The molecule has 0 atom stereocenters. The molecule has 0 unspecified atom stereocenters. The van der Waals surface area contributed by atoms with E-state index in [1.807, 2.05) is 5.32 Å². The quantitative estimate of drug-likeness (QED) is 0.468. The summed E-state index contributed by atoms with van der Waals surface area (Å²) in [5.41, 5.74) is -1.30. The summed E-state index contributed by atoms with van der Waals surface area (Å²) in [6.45, 7) is -0.840. The second-order valence-corrected chi connectivity index (χ2v) is 6.37. The molecular formula is C19H12ClF4N3O3. The summed E-state index contributed by atoms with van der Waals surface area (Å²) in [4.78, 5) is 28.1. The number of imidazole rings is 1. The molecule has 0 radical (unpaired) electrons. The molecular weight excluding hydrogens is 430 g/mol. The van der Waals surface area contributed by atoms with Gasteiger partial charge < -0.3 is 10.1 Å². The Kier molecular flexibility index (Phi) is 6.06. The van der Waals surface area contributed by atoms with Crippen LogP contribution in [-0.4, -0.2) is 28.0 Å². The standard InChI is InChI=1S/C19H12ClF4N3O3/c20-11-1-6-15(14(7-11)19(22,23)24)26-17(28)9-30-18(29)16-8-25-10-27(16)13-4-2-12(21)3-5-13/h1-8,10H,9H2,(H,26,28). The largest absolute Gasteiger partial charge is 0.451 e. The number of carbonyl (C=O) groups is 2. The van der Waals surface area contributed by atoms with Crippen LogP contribution in [0.25, 0.3) is 5.69 Å². The van der Waals surface area contributed by atoms with Gasteiger partial charge in [0.15, 0.2) is 12.3 Å². The van der Waals surface area contributed by atoms with Gasteiger partial charge in [-0.15, -0.1) is 0 Å². The molecule has 30 heavy (non-hydrogen) atoms. The number of hydrogen-bond acceptors (Lipinski definition) is 4. The van der Waals surface area contributed by atoms with Gasteiger partial charge in [0.2, 0.25) is 0 Å². The number of rotatable bonds is 5. The molecule has 1 heterocycles. The average Bonchev–Trinajstić information content (AvgIpc) is 3.17. The normalized spacial score (nSPS) is 11.2. The monoisotopic (exact) mass is 441 g/mol. The predicted octanol–water partition coefficient (Wildman–Crippen LogP) is 4.48. The van der Waals surface area contributed by atoms with E-state index in [0.717, 1.165) is 6.07 Å².